The van der Waals surface area contributed by atoms with Gasteiger partial charge in [-0.1, -0.05) is 13.3 Å². The second-order valence-electron chi connectivity index (χ2n) is 6.63. The van der Waals surface area contributed by atoms with Gasteiger partial charge in [0.25, 0.3) is 0 Å². The fourth-order valence-electron chi connectivity index (χ4n) is 3.72. The van der Waals surface area contributed by atoms with Gasteiger partial charge in [0.1, 0.15) is 0 Å². The first-order chi connectivity index (χ1) is 9.11. The molecule has 3 heteroatoms. The summed E-state index contributed by atoms with van der Waals surface area (Å²) in [6.07, 6.45) is 9.46. The van der Waals surface area contributed by atoms with E-state index in [1.165, 1.54) is 38.8 Å². The zero-order chi connectivity index (χ0) is 13.5. The first-order valence-electron chi connectivity index (χ1n) is 7.63. The van der Waals surface area contributed by atoms with Crippen LogP contribution in [0.4, 0.5) is 0 Å². The van der Waals surface area contributed by atoms with Crippen molar-refractivity contribution in [3.63, 3.8) is 0 Å². The molecule has 1 saturated heterocycles. The lowest BCUT2D eigenvalue weighted by atomic mass is 9.59. The molecular weight excluding hydrogens is 234 g/mol. The number of aromatic nitrogens is 2. The third kappa shape index (κ3) is 2.29. The van der Waals surface area contributed by atoms with Gasteiger partial charge in [-0.2, -0.15) is 0 Å². The highest BCUT2D eigenvalue weighted by Crippen LogP contribution is 2.51. The molecule has 1 spiro atoms. The van der Waals surface area contributed by atoms with Crippen LogP contribution in [0.2, 0.25) is 0 Å². The van der Waals surface area contributed by atoms with Crippen LogP contribution in [0, 0.1) is 18.3 Å². The predicted octanol–water partition coefficient (Wildman–Crippen LogP) is 3.36. The molecule has 2 fully saturated rings. The second-order valence-corrected chi connectivity index (χ2v) is 6.63. The van der Waals surface area contributed by atoms with E-state index in [1.807, 2.05) is 19.3 Å². The molecule has 19 heavy (non-hydrogen) atoms. The molecule has 2 heterocycles. The Balaban J connectivity index is 1.73. The summed E-state index contributed by atoms with van der Waals surface area (Å²) >= 11 is 0. The minimum absolute atomic E-state index is 0.401. The van der Waals surface area contributed by atoms with E-state index in [-0.39, 0.29) is 0 Å². The summed E-state index contributed by atoms with van der Waals surface area (Å²) < 4.78 is 0. The number of aryl methyl sites for hydroxylation is 1. The summed E-state index contributed by atoms with van der Waals surface area (Å²) in [6, 6.07) is 0.401. The Bertz CT molecular complexity index is 436. The second kappa shape index (κ2) is 4.86. The zero-order valence-electron chi connectivity index (χ0n) is 12.4. The van der Waals surface area contributed by atoms with E-state index < -0.39 is 0 Å². The van der Waals surface area contributed by atoms with Crippen molar-refractivity contribution in [1.29, 1.82) is 0 Å². The fourth-order valence-corrected chi connectivity index (χ4v) is 3.72. The molecule has 0 N–H and O–H groups in total. The van der Waals surface area contributed by atoms with Crippen LogP contribution in [0.5, 0.6) is 0 Å². The van der Waals surface area contributed by atoms with E-state index in [0.29, 0.717) is 11.5 Å². The average Bonchev–Trinajstić information content (AvgIpc) is 2.37. The molecule has 1 aromatic rings. The molecule has 3 rings (SSSR count). The molecule has 1 aromatic heterocycles. The molecule has 2 atom stereocenters. The standard InChI is InChI=1S/C16H25N3/c1-12-5-8-19(11-16(12)6-4-7-16)14(3)15-10-17-13(2)9-18-15/h9-10,12,14H,4-8,11H2,1-3H3. The van der Waals surface area contributed by atoms with E-state index in [2.05, 4.69) is 28.7 Å². The van der Waals surface area contributed by atoms with Gasteiger partial charge in [-0.3, -0.25) is 14.9 Å². The van der Waals surface area contributed by atoms with Gasteiger partial charge in [-0.25, -0.2) is 0 Å². The summed E-state index contributed by atoms with van der Waals surface area (Å²) in [6.45, 7) is 9.19. The third-order valence-electron chi connectivity index (χ3n) is 5.54. The average molecular weight is 259 g/mol. The van der Waals surface area contributed by atoms with Gasteiger partial charge in [-0.05, 0) is 51.0 Å². The van der Waals surface area contributed by atoms with Crippen LogP contribution in [-0.4, -0.2) is 28.0 Å². The van der Waals surface area contributed by atoms with Crippen LogP contribution in [0.25, 0.3) is 0 Å². The molecule has 2 unspecified atom stereocenters. The summed E-state index contributed by atoms with van der Waals surface area (Å²) in [7, 11) is 0. The summed E-state index contributed by atoms with van der Waals surface area (Å²) in [4.78, 5) is 11.6. The quantitative estimate of drug-likeness (QED) is 0.815. The minimum Gasteiger partial charge on any atom is -0.294 e. The van der Waals surface area contributed by atoms with Gasteiger partial charge < -0.3 is 0 Å². The molecule has 1 aliphatic heterocycles. The smallest absolute Gasteiger partial charge is 0.0755 e. The van der Waals surface area contributed by atoms with Crippen molar-refractivity contribution in [3.8, 4) is 0 Å². The molecular formula is C16H25N3. The van der Waals surface area contributed by atoms with Crippen molar-refractivity contribution < 1.29 is 0 Å². The maximum Gasteiger partial charge on any atom is 0.0755 e. The Labute approximate surface area is 116 Å². The van der Waals surface area contributed by atoms with Gasteiger partial charge in [-0.15, -0.1) is 0 Å². The highest BCUT2D eigenvalue weighted by atomic mass is 15.2. The monoisotopic (exact) mass is 259 g/mol. The number of nitrogens with zero attached hydrogens (tertiary/aromatic N) is 3. The highest BCUT2D eigenvalue weighted by Gasteiger charge is 2.46. The molecule has 1 aliphatic carbocycles. The molecule has 0 radical (unpaired) electrons. The van der Waals surface area contributed by atoms with E-state index >= 15 is 0 Å². The van der Waals surface area contributed by atoms with Crippen LogP contribution >= 0.6 is 0 Å². The first-order valence-corrected chi connectivity index (χ1v) is 7.63. The highest BCUT2D eigenvalue weighted by molar-refractivity contribution is 5.07. The first kappa shape index (κ1) is 13.0. The van der Waals surface area contributed by atoms with Crippen molar-refractivity contribution in [1.82, 2.24) is 14.9 Å². The maximum absolute atomic E-state index is 4.56. The van der Waals surface area contributed by atoms with Gasteiger partial charge >= 0.3 is 0 Å². The van der Waals surface area contributed by atoms with Crippen LogP contribution in [0.3, 0.4) is 0 Å². The van der Waals surface area contributed by atoms with Crippen molar-refractivity contribution in [2.45, 2.75) is 52.5 Å². The number of likely N-dealkylation sites (tertiary alicyclic amines) is 1. The van der Waals surface area contributed by atoms with Crippen LogP contribution < -0.4 is 0 Å². The Morgan fingerprint density at radius 3 is 2.68 bits per heavy atom. The molecule has 1 saturated carbocycles. The normalized spacial score (nSPS) is 28.1. The lowest BCUT2D eigenvalue weighted by Gasteiger charge is -2.54. The Hall–Kier alpha value is -0.960. The van der Waals surface area contributed by atoms with Gasteiger partial charge in [0.2, 0.25) is 0 Å². The zero-order valence-corrected chi connectivity index (χ0v) is 12.4. The number of hydrogen-bond donors (Lipinski definition) is 0. The van der Waals surface area contributed by atoms with Gasteiger partial charge in [0.05, 0.1) is 23.6 Å². The summed E-state index contributed by atoms with van der Waals surface area (Å²) in [5, 5.41) is 0. The SMILES string of the molecule is Cc1cnc(C(C)N2CCC(C)C3(CCC3)C2)cn1. The van der Waals surface area contributed by atoms with Gasteiger partial charge in [0.15, 0.2) is 0 Å². The third-order valence-corrected chi connectivity index (χ3v) is 5.54. The minimum atomic E-state index is 0.401. The lowest BCUT2D eigenvalue weighted by molar-refractivity contribution is -0.0425. The Kier molecular flexibility index (Phi) is 3.34. The molecule has 0 amide bonds. The molecule has 0 aromatic carbocycles. The van der Waals surface area contributed by atoms with Crippen LogP contribution in [-0.2, 0) is 0 Å². The van der Waals surface area contributed by atoms with E-state index in [0.717, 1.165) is 17.3 Å². The van der Waals surface area contributed by atoms with E-state index in [4.69, 9.17) is 0 Å². The summed E-state index contributed by atoms with van der Waals surface area (Å²) in [5.41, 5.74) is 2.73. The van der Waals surface area contributed by atoms with Crippen molar-refractivity contribution in [3.05, 3.63) is 23.8 Å². The summed E-state index contributed by atoms with van der Waals surface area (Å²) in [5.74, 6) is 0.897. The van der Waals surface area contributed by atoms with Crippen molar-refractivity contribution >= 4 is 0 Å². The molecule has 104 valence electrons. The van der Waals surface area contributed by atoms with Crippen LogP contribution in [0.15, 0.2) is 12.4 Å². The topological polar surface area (TPSA) is 29.0 Å². The maximum atomic E-state index is 4.56. The number of hydrogen-bond acceptors (Lipinski definition) is 3. The molecule has 0 bridgehead atoms. The fraction of sp³-hybridized carbons (Fsp3) is 0.750. The predicted molar refractivity (Wildman–Crippen MR) is 76.8 cm³/mol. The largest absolute Gasteiger partial charge is 0.294 e. The Morgan fingerprint density at radius 1 is 1.32 bits per heavy atom. The van der Waals surface area contributed by atoms with E-state index in [1.54, 1.807) is 0 Å². The van der Waals surface area contributed by atoms with Crippen molar-refractivity contribution in [2.24, 2.45) is 11.3 Å². The molecule has 2 aliphatic rings. The van der Waals surface area contributed by atoms with Crippen LogP contribution in [0.1, 0.15) is 57.0 Å². The van der Waals surface area contributed by atoms with Crippen molar-refractivity contribution in [2.75, 3.05) is 13.1 Å². The molecule has 3 nitrogen and oxygen atoms in total. The number of piperidine rings is 1. The van der Waals surface area contributed by atoms with E-state index in [9.17, 15) is 0 Å². The number of rotatable bonds is 2. The van der Waals surface area contributed by atoms with Gasteiger partial charge in [0, 0.05) is 12.7 Å². The Morgan fingerprint density at radius 2 is 2.11 bits per heavy atom. The lowest BCUT2D eigenvalue weighted by Crippen LogP contribution is -2.52.